The highest BCUT2D eigenvalue weighted by atomic mass is 32.2. The molecular weight excluding hydrogens is 442 g/mol. The topological polar surface area (TPSA) is 63.1 Å². The van der Waals surface area contributed by atoms with Crippen LogP contribution < -0.4 is 5.32 Å². The standard InChI is InChI=1S/C27H27N5OS/c33-26(28-24-16-8-7-15-23(24)21-11-3-1-4-12-21)20-34-27-30-29-25(19-31-17-9-10-18-31)32(27)22-13-5-2-6-14-22/h1-8,11-16H,9-10,17-20H2,(H,28,33). The van der Waals surface area contributed by atoms with Crippen molar-refractivity contribution in [2.45, 2.75) is 24.5 Å². The molecule has 1 N–H and O–H groups in total. The van der Waals surface area contributed by atoms with Crippen molar-refractivity contribution in [2.75, 3.05) is 24.2 Å². The molecule has 1 amide bonds. The second kappa shape index (κ2) is 10.7. The molecule has 7 heteroatoms. The number of likely N-dealkylation sites (tertiary alicyclic amines) is 1. The minimum Gasteiger partial charge on any atom is -0.325 e. The van der Waals surface area contributed by atoms with Crippen LogP contribution in [0.2, 0.25) is 0 Å². The van der Waals surface area contributed by atoms with Gasteiger partial charge in [-0.1, -0.05) is 78.5 Å². The van der Waals surface area contributed by atoms with Crippen LogP contribution in [0.4, 0.5) is 5.69 Å². The summed E-state index contributed by atoms with van der Waals surface area (Å²) < 4.78 is 2.08. The molecule has 1 aliphatic heterocycles. The van der Waals surface area contributed by atoms with Crippen molar-refractivity contribution in [3.8, 4) is 16.8 Å². The molecule has 1 aromatic heterocycles. The zero-order chi connectivity index (χ0) is 23.2. The maximum Gasteiger partial charge on any atom is 0.234 e. The minimum absolute atomic E-state index is 0.0721. The Hall–Kier alpha value is -3.42. The third kappa shape index (κ3) is 5.21. The Morgan fingerprint density at radius 2 is 1.53 bits per heavy atom. The molecule has 2 heterocycles. The molecule has 172 valence electrons. The molecule has 0 unspecified atom stereocenters. The first-order valence-electron chi connectivity index (χ1n) is 11.6. The second-order valence-corrected chi connectivity index (χ2v) is 9.24. The van der Waals surface area contributed by atoms with Crippen LogP contribution in [0.3, 0.4) is 0 Å². The van der Waals surface area contributed by atoms with Crippen LogP contribution in [0.5, 0.6) is 0 Å². The van der Waals surface area contributed by atoms with Crippen LogP contribution in [-0.4, -0.2) is 44.4 Å². The number of anilines is 1. The SMILES string of the molecule is O=C(CSc1nnc(CN2CCCC2)n1-c1ccccc1)Nc1ccccc1-c1ccccc1. The number of benzene rings is 3. The molecule has 1 fully saturated rings. The molecule has 34 heavy (non-hydrogen) atoms. The van der Waals surface area contributed by atoms with Gasteiger partial charge in [0.05, 0.1) is 12.3 Å². The van der Waals surface area contributed by atoms with E-state index in [1.165, 1.54) is 24.6 Å². The van der Waals surface area contributed by atoms with Crippen LogP contribution in [0.1, 0.15) is 18.7 Å². The Morgan fingerprint density at radius 3 is 2.29 bits per heavy atom. The first kappa shape index (κ1) is 22.4. The van der Waals surface area contributed by atoms with Gasteiger partial charge in [0.1, 0.15) is 0 Å². The van der Waals surface area contributed by atoms with Crippen molar-refractivity contribution in [1.29, 1.82) is 0 Å². The number of para-hydroxylation sites is 2. The number of carbonyl (C=O) groups is 1. The molecule has 0 aliphatic carbocycles. The predicted molar refractivity (Wildman–Crippen MR) is 137 cm³/mol. The predicted octanol–water partition coefficient (Wildman–Crippen LogP) is 5.26. The smallest absolute Gasteiger partial charge is 0.234 e. The van der Waals surface area contributed by atoms with Crippen molar-refractivity contribution in [3.05, 3.63) is 90.8 Å². The summed E-state index contributed by atoms with van der Waals surface area (Å²) in [4.78, 5) is 15.3. The summed E-state index contributed by atoms with van der Waals surface area (Å²) in [5.74, 6) is 1.08. The number of nitrogens with zero attached hydrogens (tertiary/aromatic N) is 4. The fraction of sp³-hybridized carbons (Fsp3) is 0.222. The van der Waals surface area contributed by atoms with Crippen LogP contribution in [0.15, 0.2) is 90.1 Å². The highest BCUT2D eigenvalue weighted by Crippen LogP contribution is 2.28. The molecule has 0 radical (unpaired) electrons. The largest absolute Gasteiger partial charge is 0.325 e. The van der Waals surface area contributed by atoms with E-state index in [0.29, 0.717) is 0 Å². The zero-order valence-corrected chi connectivity index (χ0v) is 19.7. The van der Waals surface area contributed by atoms with Crippen LogP contribution in [0, 0.1) is 0 Å². The van der Waals surface area contributed by atoms with Gasteiger partial charge < -0.3 is 5.32 Å². The molecule has 3 aromatic carbocycles. The van der Waals surface area contributed by atoms with Crippen molar-refractivity contribution in [3.63, 3.8) is 0 Å². The number of nitrogens with one attached hydrogen (secondary N) is 1. The zero-order valence-electron chi connectivity index (χ0n) is 18.9. The number of carbonyl (C=O) groups excluding carboxylic acids is 1. The Balaban J connectivity index is 1.32. The van der Waals surface area contributed by atoms with E-state index in [1.54, 1.807) is 0 Å². The van der Waals surface area contributed by atoms with Crippen molar-refractivity contribution < 1.29 is 4.79 Å². The van der Waals surface area contributed by atoms with Crippen LogP contribution in [0.25, 0.3) is 16.8 Å². The lowest BCUT2D eigenvalue weighted by Gasteiger charge is -2.16. The summed E-state index contributed by atoms with van der Waals surface area (Å²) in [5, 5.41) is 12.7. The molecular formula is C27H27N5OS. The third-order valence-electron chi connectivity index (χ3n) is 5.90. The minimum atomic E-state index is -0.0721. The monoisotopic (exact) mass is 469 g/mol. The van der Waals surface area contributed by atoms with Gasteiger partial charge in [0, 0.05) is 16.9 Å². The van der Waals surface area contributed by atoms with Gasteiger partial charge >= 0.3 is 0 Å². The maximum absolute atomic E-state index is 12.9. The molecule has 1 saturated heterocycles. The fourth-order valence-electron chi connectivity index (χ4n) is 4.25. The van der Waals surface area contributed by atoms with Crippen LogP contribution >= 0.6 is 11.8 Å². The number of aromatic nitrogens is 3. The number of hydrogen-bond donors (Lipinski definition) is 1. The molecule has 5 rings (SSSR count). The normalized spacial score (nSPS) is 13.8. The average Bonchev–Trinajstić information content (AvgIpc) is 3.54. The summed E-state index contributed by atoms with van der Waals surface area (Å²) in [6, 6.07) is 28.1. The highest BCUT2D eigenvalue weighted by Gasteiger charge is 2.20. The summed E-state index contributed by atoms with van der Waals surface area (Å²) in [5.41, 5.74) is 3.89. The van der Waals surface area contributed by atoms with Crippen LogP contribution in [-0.2, 0) is 11.3 Å². The maximum atomic E-state index is 12.9. The Morgan fingerprint density at radius 1 is 0.853 bits per heavy atom. The van der Waals surface area contributed by atoms with Gasteiger partial charge in [-0.3, -0.25) is 14.3 Å². The Kier molecular flexibility index (Phi) is 7.02. The van der Waals surface area contributed by atoms with E-state index < -0.39 is 0 Å². The number of thioether (sulfide) groups is 1. The van der Waals surface area contributed by atoms with Crippen molar-refractivity contribution in [1.82, 2.24) is 19.7 Å². The average molecular weight is 470 g/mol. The third-order valence-corrected chi connectivity index (χ3v) is 6.83. The summed E-state index contributed by atoms with van der Waals surface area (Å²) in [6.45, 7) is 2.94. The van der Waals surface area contributed by atoms with Gasteiger partial charge in [-0.05, 0) is 49.7 Å². The van der Waals surface area contributed by atoms with E-state index in [-0.39, 0.29) is 11.7 Å². The van der Waals surface area contributed by atoms with Gasteiger partial charge in [-0.25, -0.2) is 0 Å². The molecule has 0 bridgehead atoms. The molecule has 0 spiro atoms. The van der Waals surface area contributed by atoms with Gasteiger partial charge in [-0.15, -0.1) is 10.2 Å². The Labute approximate surface area is 204 Å². The fourth-order valence-corrected chi connectivity index (χ4v) is 5.02. The van der Waals surface area contributed by atoms with E-state index in [0.717, 1.165) is 53.1 Å². The lowest BCUT2D eigenvalue weighted by molar-refractivity contribution is -0.113. The molecule has 6 nitrogen and oxygen atoms in total. The summed E-state index contributed by atoms with van der Waals surface area (Å²) >= 11 is 1.41. The van der Waals surface area contributed by atoms with E-state index in [2.05, 4.69) is 37.1 Å². The molecule has 0 atom stereocenters. The molecule has 4 aromatic rings. The summed E-state index contributed by atoms with van der Waals surface area (Å²) in [6.07, 6.45) is 2.46. The van der Waals surface area contributed by atoms with Gasteiger partial charge in [0.15, 0.2) is 11.0 Å². The Bertz CT molecular complexity index is 1240. The van der Waals surface area contributed by atoms with Gasteiger partial charge in [0.2, 0.25) is 5.91 Å². The van der Waals surface area contributed by atoms with E-state index >= 15 is 0 Å². The lowest BCUT2D eigenvalue weighted by atomic mass is 10.0. The van der Waals surface area contributed by atoms with Gasteiger partial charge in [-0.2, -0.15) is 0 Å². The molecule has 1 aliphatic rings. The van der Waals surface area contributed by atoms with Crippen molar-refractivity contribution >= 4 is 23.4 Å². The quantitative estimate of drug-likeness (QED) is 0.357. The molecule has 0 saturated carbocycles. The number of amides is 1. The van der Waals surface area contributed by atoms with Crippen molar-refractivity contribution in [2.24, 2.45) is 0 Å². The summed E-state index contributed by atoms with van der Waals surface area (Å²) in [7, 11) is 0. The highest BCUT2D eigenvalue weighted by molar-refractivity contribution is 7.99. The number of hydrogen-bond acceptors (Lipinski definition) is 5. The van der Waals surface area contributed by atoms with Gasteiger partial charge in [0.25, 0.3) is 0 Å². The first-order chi connectivity index (χ1) is 16.8. The number of rotatable bonds is 8. The van der Waals surface area contributed by atoms with E-state index in [4.69, 9.17) is 0 Å². The van der Waals surface area contributed by atoms with E-state index in [9.17, 15) is 4.79 Å². The first-order valence-corrected chi connectivity index (χ1v) is 12.6. The lowest BCUT2D eigenvalue weighted by Crippen LogP contribution is -2.21. The second-order valence-electron chi connectivity index (χ2n) is 8.30. The van der Waals surface area contributed by atoms with E-state index in [1.807, 2.05) is 72.8 Å².